The molecule has 2 aromatic carbocycles. The maximum absolute atomic E-state index is 13.5. The normalized spacial score (nSPS) is 18.3. The third-order valence-electron chi connectivity index (χ3n) is 5.74. The molecule has 0 bridgehead atoms. The van der Waals surface area contributed by atoms with Gasteiger partial charge in [0.15, 0.2) is 4.93 Å². The second kappa shape index (κ2) is 9.98. The van der Waals surface area contributed by atoms with Gasteiger partial charge in [-0.05, 0) is 24.6 Å². The van der Waals surface area contributed by atoms with Crippen molar-refractivity contribution in [2.45, 2.75) is 28.2 Å². The lowest BCUT2D eigenvalue weighted by molar-refractivity contribution is 0.00785. The number of benzene rings is 2. The summed E-state index contributed by atoms with van der Waals surface area (Å²) in [7, 11) is -5.58. The Morgan fingerprint density at radius 2 is 1.41 bits per heavy atom. The van der Waals surface area contributed by atoms with Crippen molar-refractivity contribution >= 4 is 19.9 Å². The summed E-state index contributed by atoms with van der Waals surface area (Å²) in [5.74, 6) is 0. The van der Waals surface area contributed by atoms with Crippen molar-refractivity contribution in [1.82, 2.24) is 9.21 Å². The molecule has 1 saturated heterocycles. The Hall–Kier alpha value is -1.82. The fourth-order valence-electron chi connectivity index (χ4n) is 3.73. The number of hydrogen-bond acceptors (Lipinski definition) is 7. The Bertz CT molecular complexity index is 1110. The highest BCUT2D eigenvalue weighted by molar-refractivity contribution is 7.94. The van der Waals surface area contributed by atoms with E-state index in [1.807, 2.05) is 30.3 Å². The quantitative estimate of drug-likeness (QED) is 0.539. The molecule has 0 radical (unpaired) electrons. The fraction of sp³-hybridized carbons (Fsp3) is 0.455. The van der Waals surface area contributed by atoms with Crippen molar-refractivity contribution in [1.29, 1.82) is 0 Å². The first-order valence-corrected chi connectivity index (χ1v) is 13.2. The van der Waals surface area contributed by atoms with E-state index in [1.165, 1.54) is 49.7 Å². The molecule has 1 aliphatic rings. The highest BCUT2D eigenvalue weighted by Crippen LogP contribution is 2.33. The highest BCUT2D eigenvalue weighted by Gasteiger charge is 2.44. The number of piperazine rings is 1. The van der Waals surface area contributed by atoms with Crippen LogP contribution in [0.4, 0.5) is 0 Å². The standard InChI is InChI=1S/C22H30N2O6S2/c1-22(30-3,18-29-2)31(25,26)20-11-7-8-12-21(20)32(27,28)24-15-13-23(14-16-24)17-19-9-5-4-6-10-19/h4-12H,13-18H2,1-3H3. The number of rotatable bonds is 9. The molecule has 1 heterocycles. The van der Waals surface area contributed by atoms with Gasteiger partial charge in [0.1, 0.15) is 4.90 Å². The predicted octanol–water partition coefficient (Wildman–Crippen LogP) is 1.98. The number of hydrogen-bond donors (Lipinski definition) is 0. The first-order valence-electron chi connectivity index (χ1n) is 10.3. The Morgan fingerprint density at radius 1 is 0.844 bits per heavy atom. The molecule has 0 aliphatic carbocycles. The summed E-state index contributed by atoms with van der Waals surface area (Å²) in [6, 6.07) is 15.7. The van der Waals surface area contributed by atoms with E-state index >= 15 is 0 Å². The maximum atomic E-state index is 13.5. The van der Waals surface area contributed by atoms with Crippen molar-refractivity contribution < 1.29 is 26.3 Å². The number of sulfonamides is 1. The molecular weight excluding hydrogens is 452 g/mol. The molecule has 1 atom stereocenters. The average molecular weight is 483 g/mol. The van der Waals surface area contributed by atoms with Gasteiger partial charge in [0.2, 0.25) is 19.9 Å². The van der Waals surface area contributed by atoms with Crippen LogP contribution >= 0.6 is 0 Å². The zero-order valence-corrected chi connectivity index (χ0v) is 20.2. The van der Waals surface area contributed by atoms with Crippen LogP contribution in [0.5, 0.6) is 0 Å². The van der Waals surface area contributed by atoms with Gasteiger partial charge in [0, 0.05) is 46.9 Å². The van der Waals surface area contributed by atoms with E-state index in [-0.39, 0.29) is 29.5 Å². The summed E-state index contributed by atoms with van der Waals surface area (Å²) >= 11 is 0. The third-order valence-corrected chi connectivity index (χ3v) is 10.2. The minimum absolute atomic E-state index is 0.238. The minimum atomic E-state index is -4.18. The summed E-state index contributed by atoms with van der Waals surface area (Å²) in [4.78, 5) is -0.0595. The van der Waals surface area contributed by atoms with Crippen LogP contribution in [0.15, 0.2) is 64.4 Å². The zero-order valence-electron chi connectivity index (χ0n) is 18.6. The SMILES string of the molecule is COCC(C)(OC)S(=O)(=O)c1ccccc1S(=O)(=O)N1CCN(Cc2ccccc2)CC1. The van der Waals surface area contributed by atoms with Gasteiger partial charge >= 0.3 is 0 Å². The number of ether oxygens (including phenoxy) is 2. The lowest BCUT2D eigenvalue weighted by atomic mass is 10.2. The summed E-state index contributed by atoms with van der Waals surface area (Å²) in [5, 5.41) is 0. The predicted molar refractivity (Wildman–Crippen MR) is 121 cm³/mol. The van der Waals surface area contributed by atoms with Crippen LogP contribution in [0.25, 0.3) is 0 Å². The fourth-order valence-corrected chi connectivity index (χ4v) is 7.42. The molecule has 32 heavy (non-hydrogen) atoms. The minimum Gasteiger partial charge on any atom is -0.381 e. The van der Waals surface area contributed by atoms with E-state index in [1.54, 1.807) is 0 Å². The largest absolute Gasteiger partial charge is 0.381 e. The van der Waals surface area contributed by atoms with E-state index in [0.717, 1.165) is 12.1 Å². The maximum Gasteiger partial charge on any atom is 0.244 e. The van der Waals surface area contributed by atoms with Gasteiger partial charge in [-0.15, -0.1) is 0 Å². The molecule has 10 heteroatoms. The number of sulfone groups is 1. The molecule has 0 aromatic heterocycles. The van der Waals surface area contributed by atoms with Crippen molar-refractivity contribution in [3.05, 3.63) is 60.2 Å². The summed E-state index contributed by atoms with van der Waals surface area (Å²) in [5.41, 5.74) is 1.16. The lowest BCUT2D eigenvalue weighted by Gasteiger charge is -2.34. The molecule has 8 nitrogen and oxygen atoms in total. The molecule has 176 valence electrons. The van der Waals surface area contributed by atoms with Crippen molar-refractivity contribution in [3.8, 4) is 0 Å². The molecular formula is C22H30N2O6S2. The van der Waals surface area contributed by atoms with E-state index < -0.39 is 24.8 Å². The third kappa shape index (κ3) is 4.90. The summed E-state index contributed by atoms with van der Waals surface area (Å²) in [6.45, 7) is 3.55. The van der Waals surface area contributed by atoms with Gasteiger partial charge < -0.3 is 9.47 Å². The van der Waals surface area contributed by atoms with Gasteiger partial charge in [-0.2, -0.15) is 4.31 Å². The molecule has 1 fully saturated rings. The van der Waals surface area contributed by atoms with E-state index in [2.05, 4.69) is 4.90 Å². The number of methoxy groups -OCH3 is 2. The van der Waals surface area contributed by atoms with Crippen molar-refractivity contribution in [2.24, 2.45) is 0 Å². The molecule has 1 unspecified atom stereocenters. The molecule has 0 amide bonds. The van der Waals surface area contributed by atoms with Crippen LogP contribution in [0.1, 0.15) is 12.5 Å². The van der Waals surface area contributed by atoms with Crippen LogP contribution in [-0.2, 0) is 35.9 Å². The van der Waals surface area contributed by atoms with Crippen LogP contribution in [0.3, 0.4) is 0 Å². The van der Waals surface area contributed by atoms with Crippen LogP contribution in [0.2, 0.25) is 0 Å². The number of nitrogens with zero attached hydrogens (tertiary/aromatic N) is 2. The van der Waals surface area contributed by atoms with Gasteiger partial charge in [0.05, 0.1) is 11.5 Å². The molecule has 0 saturated carbocycles. The molecule has 0 spiro atoms. The molecule has 0 N–H and O–H groups in total. The van der Waals surface area contributed by atoms with E-state index in [4.69, 9.17) is 9.47 Å². The van der Waals surface area contributed by atoms with Crippen LogP contribution in [-0.4, -0.2) is 78.0 Å². The topological polar surface area (TPSA) is 93.2 Å². The highest BCUT2D eigenvalue weighted by atomic mass is 32.2. The summed E-state index contributed by atoms with van der Waals surface area (Å²) < 4.78 is 65.3. The van der Waals surface area contributed by atoms with Gasteiger partial charge in [-0.25, -0.2) is 16.8 Å². The van der Waals surface area contributed by atoms with Crippen molar-refractivity contribution in [2.75, 3.05) is 47.0 Å². The van der Waals surface area contributed by atoms with E-state index in [9.17, 15) is 16.8 Å². The smallest absolute Gasteiger partial charge is 0.244 e. The Morgan fingerprint density at radius 3 is 1.97 bits per heavy atom. The monoisotopic (exact) mass is 482 g/mol. The molecule has 3 rings (SSSR count). The zero-order chi connectivity index (χ0) is 23.4. The Kier molecular flexibility index (Phi) is 7.74. The van der Waals surface area contributed by atoms with Crippen LogP contribution in [0, 0.1) is 0 Å². The van der Waals surface area contributed by atoms with Crippen LogP contribution < -0.4 is 0 Å². The Balaban J connectivity index is 1.85. The first-order chi connectivity index (χ1) is 15.2. The first kappa shape index (κ1) is 24.8. The second-order valence-corrected chi connectivity index (χ2v) is 12.1. The molecule has 1 aliphatic heterocycles. The van der Waals surface area contributed by atoms with E-state index in [0.29, 0.717) is 13.1 Å². The van der Waals surface area contributed by atoms with Gasteiger partial charge in [-0.3, -0.25) is 4.90 Å². The van der Waals surface area contributed by atoms with Gasteiger partial charge in [0.25, 0.3) is 0 Å². The average Bonchev–Trinajstić information content (AvgIpc) is 2.80. The Labute approximate surface area is 190 Å². The van der Waals surface area contributed by atoms with Crippen molar-refractivity contribution in [3.63, 3.8) is 0 Å². The second-order valence-electron chi connectivity index (χ2n) is 7.89. The van der Waals surface area contributed by atoms with Gasteiger partial charge in [-0.1, -0.05) is 42.5 Å². The lowest BCUT2D eigenvalue weighted by Crippen LogP contribution is -2.48. The summed E-state index contributed by atoms with van der Waals surface area (Å²) in [6.07, 6.45) is 0. The molecule has 2 aromatic rings.